The van der Waals surface area contributed by atoms with Gasteiger partial charge in [-0.15, -0.1) is 0 Å². The number of nitrogens with zero attached hydrogens (tertiary/aromatic N) is 5. The van der Waals surface area contributed by atoms with Gasteiger partial charge < -0.3 is 9.80 Å². The lowest BCUT2D eigenvalue weighted by molar-refractivity contribution is 0.498. The van der Waals surface area contributed by atoms with Crippen LogP contribution in [0.2, 0.25) is 0 Å². The standard InChI is InChI=1S/C16H22N6S/c1-2-13(14-3-4-19-20-14)11-22(5-1)16-10-15(17-12-18-16)21-6-8-23-9-7-21/h3-4,10,12-13H,1-2,5-9,11H2,(H,19,20). The van der Waals surface area contributed by atoms with Gasteiger partial charge in [0, 0.05) is 61.6 Å². The monoisotopic (exact) mass is 330 g/mol. The lowest BCUT2D eigenvalue weighted by Gasteiger charge is -2.34. The number of aromatic amines is 1. The van der Waals surface area contributed by atoms with E-state index in [-0.39, 0.29) is 0 Å². The third-order valence-corrected chi connectivity index (χ3v) is 5.62. The Kier molecular flexibility index (Phi) is 4.37. The second kappa shape index (κ2) is 6.78. The molecule has 4 heterocycles. The second-order valence-electron chi connectivity index (χ2n) is 6.13. The van der Waals surface area contributed by atoms with Crippen LogP contribution >= 0.6 is 11.8 Å². The maximum atomic E-state index is 4.53. The number of thioether (sulfide) groups is 1. The van der Waals surface area contributed by atoms with Gasteiger partial charge in [0.2, 0.25) is 0 Å². The highest BCUT2D eigenvalue weighted by Gasteiger charge is 2.24. The van der Waals surface area contributed by atoms with Crippen LogP contribution in [0.15, 0.2) is 24.7 Å². The van der Waals surface area contributed by atoms with Crippen molar-refractivity contribution in [1.82, 2.24) is 20.2 Å². The first-order valence-corrected chi connectivity index (χ1v) is 9.44. The minimum absolute atomic E-state index is 0.510. The molecule has 4 rings (SSSR count). The molecule has 2 fully saturated rings. The molecule has 1 unspecified atom stereocenters. The summed E-state index contributed by atoms with van der Waals surface area (Å²) in [6, 6.07) is 4.25. The molecule has 2 saturated heterocycles. The quantitative estimate of drug-likeness (QED) is 0.930. The predicted molar refractivity (Wildman–Crippen MR) is 94.3 cm³/mol. The van der Waals surface area contributed by atoms with Gasteiger partial charge in [0.25, 0.3) is 0 Å². The fourth-order valence-corrected chi connectivity index (χ4v) is 4.31. The van der Waals surface area contributed by atoms with E-state index in [1.54, 1.807) is 6.33 Å². The topological polar surface area (TPSA) is 60.9 Å². The lowest BCUT2D eigenvalue weighted by atomic mass is 9.95. The number of anilines is 2. The highest BCUT2D eigenvalue weighted by molar-refractivity contribution is 7.99. The SMILES string of the molecule is c1cc(C2CCCN(c3cc(N4CCSCC4)ncn3)C2)[nH]n1. The molecule has 0 spiro atoms. The van der Waals surface area contributed by atoms with Crippen LogP contribution < -0.4 is 9.80 Å². The first-order chi connectivity index (χ1) is 11.4. The number of rotatable bonds is 3. The normalized spacial score (nSPS) is 22.3. The molecule has 122 valence electrons. The molecule has 0 saturated carbocycles. The maximum Gasteiger partial charge on any atom is 0.134 e. The zero-order valence-corrected chi connectivity index (χ0v) is 14.0. The van der Waals surface area contributed by atoms with Crippen LogP contribution in [0.25, 0.3) is 0 Å². The average Bonchev–Trinajstić information content (AvgIpc) is 3.18. The Bertz CT molecular complexity index is 625. The largest absolute Gasteiger partial charge is 0.356 e. The first-order valence-electron chi connectivity index (χ1n) is 8.29. The summed E-state index contributed by atoms with van der Waals surface area (Å²) >= 11 is 2.02. The van der Waals surface area contributed by atoms with E-state index >= 15 is 0 Å². The number of aromatic nitrogens is 4. The van der Waals surface area contributed by atoms with Crippen LogP contribution in [0, 0.1) is 0 Å². The van der Waals surface area contributed by atoms with Crippen LogP contribution in [0.3, 0.4) is 0 Å². The molecule has 1 atom stereocenters. The highest BCUT2D eigenvalue weighted by Crippen LogP contribution is 2.29. The van der Waals surface area contributed by atoms with E-state index in [0.717, 1.165) is 37.8 Å². The van der Waals surface area contributed by atoms with Crippen molar-refractivity contribution in [2.24, 2.45) is 0 Å². The molecule has 0 aromatic carbocycles. The molecule has 2 aliphatic rings. The van der Waals surface area contributed by atoms with Crippen molar-refractivity contribution >= 4 is 23.4 Å². The highest BCUT2D eigenvalue weighted by atomic mass is 32.2. The molecule has 23 heavy (non-hydrogen) atoms. The molecule has 2 aliphatic heterocycles. The van der Waals surface area contributed by atoms with Gasteiger partial charge in [0.1, 0.15) is 18.0 Å². The summed E-state index contributed by atoms with van der Waals surface area (Å²) in [5.41, 5.74) is 1.23. The van der Waals surface area contributed by atoms with E-state index in [2.05, 4.69) is 42.1 Å². The number of H-pyrrole nitrogens is 1. The van der Waals surface area contributed by atoms with E-state index in [9.17, 15) is 0 Å². The van der Waals surface area contributed by atoms with E-state index in [4.69, 9.17) is 0 Å². The van der Waals surface area contributed by atoms with E-state index in [0.29, 0.717) is 5.92 Å². The Labute approximate surface area is 140 Å². The Morgan fingerprint density at radius 3 is 2.70 bits per heavy atom. The summed E-state index contributed by atoms with van der Waals surface area (Å²) in [7, 11) is 0. The van der Waals surface area contributed by atoms with Crippen molar-refractivity contribution in [3.05, 3.63) is 30.4 Å². The fourth-order valence-electron chi connectivity index (χ4n) is 3.41. The summed E-state index contributed by atoms with van der Waals surface area (Å²) in [5, 5.41) is 7.21. The first kappa shape index (κ1) is 14.8. The third kappa shape index (κ3) is 3.29. The Morgan fingerprint density at radius 2 is 1.91 bits per heavy atom. The summed E-state index contributed by atoms with van der Waals surface area (Å²) in [6.45, 7) is 4.22. The molecule has 0 aliphatic carbocycles. The number of hydrogen-bond acceptors (Lipinski definition) is 6. The molecule has 6 nitrogen and oxygen atoms in total. The van der Waals surface area contributed by atoms with Gasteiger partial charge >= 0.3 is 0 Å². The molecule has 2 aromatic rings. The minimum Gasteiger partial charge on any atom is -0.356 e. The third-order valence-electron chi connectivity index (χ3n) is 4.68. The molecule has 0 radical (unpaired) electrons. The van der Waals surface area contributed by atoms with E-state index in [1.807, 2.05) is 18.0 Å². The van der Waals surface area contributed by atoms with Crippen LogP contribution in [0.4, 0.5) is 11.6 Å². The summed E-state index contributed by atoms with van der Waals surface area (Å²) in [6.07, 6.45) is 5.95. The van der Waals surface area contributed by atoms with Gasteiger partial charge in [0.05, 0.1) is 0 Å². The van der Waals surface area contributed by atoms with Crippen molar-refractivity contribution in [3.63, 3.8) is 0 Å². The van der Waals surface area contributed by atoms with Crippen LogP contribution in [0.5, 0.6) is 0 Å². The van der Waals surface area contributed by atoms with E-state index in [1.165, 1.54) is 30.0 Å². The lowest BCUT2D eigenvalue weighted by Crippen LogP contribution is -2.36. The van der Waals surface area contributed by atoms with E-state index < -0.39 is 0 Å². The zero-order valence-electron chi connectivity index (χ0n) is 13.2. The van der Waals surface area contributed by atoms with Gasteiger partial charge in [-0.3, -0.25) is 5.10 Å². The van der Waals surface area contributed by atoms with Gasteiger partial charge in [-0.1, -0.05) is 0 Å². The number of hydrogen-bond donors (Lipinski definition) is 1. The average molecular weight is 330 g/mol. The zero-order chi connectivity index (χ0) is 15.5. The van der Waals surface area contributed by atoms with Crippen LogP contribution in [-0.4, -0.2) is 57.9 Å². The Hall–Kier alpha value is -1.76. The molecular weight excluding hydrogens is 308 g/mol. The predicted octanol–water partition coefficient (Wildman–Crippen LogP) is 2.14. The fraction of sp³-hybridized carbons (Fsp3) is 0.562. The number of nitrogens with one attached hydrogen (secondary N) is 1. The molecule has 7 heteroatoms. The van der Waals surface area contributed by atoms with Crippen molar-refractivity contribution < 1.29 is 0 Å². The van der Waals surface area contributed by atoms with Gasteiger partial charge in [-0.05, 0) is 18.9 Å². The molecule has 2 aromatic heterocycles. The van der Waals surface area contributed by atoms with Crippen molar-refractivity contribution in [3.8, 4) is 0 Å². The minimum atomic E-state index is 0.510. The van der Waals surface area contributed by atoms with Gasteiger partial charge in [-0.2, -0.15) is 16.9 Å². The summed E-state index contributed by atoms with van der Waals surface area (Å²) in [4.78, 5) is 13.8. The van der Waals surface area contributed by atoms with Crippen LogP contribution in [0.1, 0.15) is 24.5 Å². The van der Waals surface area contributed by atoms with Crippen molar-refractivity contribution in [2.45, 2.75) is 18.8 Å². The maximum absolute atomic E-state index is 4.53. The van der Waals surface area contributed by atoms with Gasteiger partial charge in [-0.25, -0.2) is 9.97 Å². The van der Waals surface area contributed by atoms with Gasteiger partial charge in [0.15, 0.2) is 0 Å². The van der Waals surface area contributed by atoms with Crippen LogP contribution in [-0.2, 0) is 0 Å². The second-order valence-corrected chi connectivity index (χ2v) is 7.36. The molecular formula is C16H22N6S. The summed E-state index contributed by atoms with van der Waals surface area (Å²) in [5.74, 6) is 5.00. The molecule has 0 amide bonds. The Balaban J connectivity index is 1.50. The smallest absolute Gasteiger partial charge is 0.134 e. The van der Waals surface area contributed by atoms with Crippen molar-refractivity contribution in [1.29, 1.82) is 0 Å². The molecule has 1 N–H and O–H groups in total. The van der Waals surface area contributed by atoms with Crippen molar-refractivity contribution in [2.75, 3.05) is 47.5 Å². The Morgan fingerprint density at radius 1 is 1.09 bits per heavy atom. The summed E-state index contributed by atoms with van der Waals surface area (Å²) < 4.78 is 0. The number of piperidine rings is 1. The molecule has 0 bridgehead atoms.